The third kappa shape index (κ3) is 5.04. The van der Waals surface area contributed by atoms with Crippen LogP contribution in [0.15, 0.2) is 11.4 Å². The lowest BCUT2D eigenvalue weighted by atomic mass is 10.2. The van der Waals surface area contributed by atoms with Crippen LogP contribution in [0.25, 0.3) is 11.2 Å². The fourth-order valence-electron chi connectivity index (χ4n) is 3.15. The number of fused-ring (bicyclic) bond motifs is 1. The summed E-state index contributed by atoms with van der Waals surface area (Å²) in [4.78, 5) is 12.6. The van der Waals surface area contributed by atoms with Crippen molar-refractivity contribution < 1.29 is 22.9 Å². The SMILES string of the molecule is COP(=O)(OCC1CCC(n2cnc3c(S)nc(N)nc32)O1)OC1CCSSC1. The number of phosphoric acid groups is 1. The van der Waals surface area contributed by atoms with E-state index >= 15 is 0 Å². The van der Waals surface area contributed by atoms with Crippen LogP contribution in [-0.2, 0) is 22.9 Å². The Kier molecular flexibility index (Phi) is 6.96. The zero-order chi connectivity index (χ0) is 20.4. The van der Waals surface area contributed by atoms with Gasteiger partial charge in [0.05, 0.1) is 25.1 Å². The van der Waals surface area contributed by atoms with Crippen molar-refractivity contribution in [1.82, 2.24) is 19.5 Å². The van der Waals surface area contributed by atoms with Gasteiger partial charge in [0.25, 0.3) is 0 Å². The Morgan fingerprint density at radius 3 is 3.00 bits per heavy atom. The highest BCUT2D eigenvalue weighted by molar-refractivity contribution is 8.76. The summed E-state index contributed by atoms with van der Waals surface area (Å²) in [7, 11) is 1.20. The summed E-state index contributed by atoms with van der Waals surface area (Å²) >= 11 is 4.29. The van der Waals surface area contributed by atoms with Crippen LogP contribution < -0.4 is 5.73 Å². The summed E-state index contributed by atoms with van der Waals surface area (Å²) < 4.78 is 36.9. The third-order valence-electron chi connectivity index (χ3n) is 4.60. The van der Waals surface area contributed by atoms with Crippen molar-refractivity contribution in [2.24, 2.45) is 0 Å². The predicted molar refractivity (Wildman–Crippen MR) is 115 cm³/mol. The van der Waals surface area contributed by atoms with Crippen LogP contribution in [0.3, 0.4) is 0 Å². The lowest BCUT2D eigenvalue weighted by Crippen LogP contribution is -2.21. The Hall–Kier alpha value is -0.530. The van der Waals surface area contributed by atoms with Crippen LogP contribution in [-0.4, -0.2) is 56.9 Å². The fraction of sp³-hybridized carbons (Fsp3) is 0.667. The van der Waals surface area contributed by atoms with Crippen LogP contribution in [0.4, 0.5) is 5.95 Å². The molecular formula is C15H22N5O5PS3. The van der Waals surface area contributed by atoms with E-state index in [0.29, 0.717) is 16.2 Å². The maximum Gasteiger partial charge on any atom is 0.474 e. The van der Waals surface area contributed by atoms with Gasteiger partial charge in [-0.1, -0.05) is 21.6 Å². The van der Waals surface area contributed by atoms with E-state index in [1.165, 1.54) is 7.11 Å². The van der Waals surface area contributed by atoms with Crippen LogP contribution in [0.5, 0.6) is 0 Å². The lowest BCUT2D eigenvalue weighted by Gasteiger charge is -2.25. The molecule has 2 aliphatic heterocycles. The van der Waals surface area contributed by atoms with Crippen molar-refractivity contribution in [1.29, 1.82) is 0 Å². The molecule has 0 aliphatic carbocycles. The second-order valence-corrected chi connectivity index (χ2v) is 11.3. The van der Waals surface area contributed by atoms with Crippen molar-refractivity contribution in [3.05, 3.63) is 6.33 Å². The zero-order valence-electron chi connectivity index (χ0n) is 15.7. The Morgan fingerprint density at radius 2 is 2.24 bits per heavy atom. The van der Waals surface area contributed by atoms with E-state index < -0.39 is 7.82 Å². The van der Waals surface area contributed by atoms with Gasteiger partial charge in [-0.2, -0.15) is 4.98 Å². The van der Waals surface area contributed by atoms with Crippen LogP contribution in [0.1, 0.15) is 25.5 Å². The molecule has 14 heteroatoms. The van der Waals surface area contributed by atoms with Gasteiger partial charge in [-0.3, -0.25) is 18.1 Å². The van der Waals surface area contributed by atoms with Crippen molar-refractivity contribution >= 4 is 59.2 Å². The highest BCUT2D eigenvalue weighted by Gasteiger charge is 2.35. The average molecular weight is 480 g/mol. The van der Waals surface area contributed by atoms with Crippen molar-refractivity contribution in [2.45, 2.75) is 42.7 Å². The standard InChI is InChI=1S/C15H22N5O5PS3/c1-22-26(21,25-10-4-5-28-29-7-10)23-6-9-2-3-11(24-9)20-8-17-12-13(20)18-15(16)19-14(12)27/h8-11H,2-7H2,1H3,(H3,16,18,19,27). The number of ether oxygens (including phenoxy) is 1. The second kappa shape index (κ2) is 9.31. The maximum absolute atomic E-state index is 12.8. The molecule has 0 saturated carbocycles. The first-order valence-corrected chi connectivity index (χ1v) is 13.4. The zero-order valence-corrected chi connectivity index (χ0v) is 19.1. The maximum atomic E-state index is 12.8. The first kappa shape index (κ1) is 21.7. The van der Waals surface area contributed by atoms with Gasteiger partial charge in [0.15, 0.2) is 5.65 Å². The largest absolute Gasteiger partial charge is 0.474 e. The molecule has 2 fully saturated rings. The average Bonchev–Trinajstić information content (AvgIpc) is 3.34. The minimum atomic E-state index is -3.62. The van der Waals surface area contributed by atoms with Gasteiger partial charge in [-0.15, -0.1) is 12.6 Å². The summed E-state index contributed by atoms with van der Waals surface area (Å²) in [5, 5.41) is 0.418. The van der Waals surface area contributed by atoms with E-state index in [-0.39, 0.29) is 31.0 Å². The first-order valence-electron chi connectivity index (χ1n) is 9.05. The quantitative estimate of drug-likeness (QED) is 0.263. The second-order valence-electron chi connectivity index (χ2n) is 6.57. The first-order chi connectivity index (χ1) is 14.0. The molecule has 10 nitrogen and oxygen atoms in total. The molecule has 0 bridgehead atoms. The summed E-state index contributed by atoms with van der Waals surface area (Å²) in [6, 6.07) is 0. The summed E-state index contributed by atoms with van der Waals surface area (Å²) in [5.74, 6) is 1.84. The van der Waals surface area contributed by atoms with Gasteiger partial charge in [0, 0.05) is 18.6 Å². The molecule has 4 atom stereocenters. The number of rotatable bonds is 7. The Labute approximate surface area is 181 Å². The minimum Gasteiger partial charge on any atom is -0.368 e. The van der Waals surface area contributed by atoms with Crippen LogP contribution >= 0.6 is 42.0 Å². The Morgan fingerprint density at radius 1 is 1.38 bits per heavy atom. The predicted octanol–water partition coefficient (Wildman–Crippen LogP) is 3.32. The molecule has 0 radical (unpaired) electrons. The fourth-order valence-corrected chi connectivity index (χ4v) is 7.01. The lowest BCUT2D eigenvalue weighted by molar-refractivity contribution is -0.0251. The molecule has 2 aromatic heterocycles. The van der Waals surface area contributed by atoms with Gasteiger partial charge in [-0.05, 0) is 19.3 Å². The molecule has 2 N–H and O–H groups in total. The number of nitrogens with zero attached hydrogens (tertiary/aromatic N) is 4. The Balaban J connectivity index is 1.37. The van der Waals surface area contributed by atoms with Crippen molar-refractivity contribution in [3.63, 3.8) is 0 Å². The molecule has 4 unspecified atom stereocenters. The molecule has 4 rings (SSSR count). The van der Waals surface area contributed by atoms with E-state index in [2.05, 4.69) is 27.6 Å². The number of thiol groups is 1. The van der Waals surface area contributed by atoms with Gasteiger partial charge >= 0.3 is 7.82 Å². The summed E-state index contributed by atoms with van der Waals surface area (Å²) in [6.07, 6.45) is 3.22. The van der Waals surface area contributed by atoms with Crippen LogP contribution in [0, 0.1) is 0 Å². The van der Waals surface area contributed by atoms with Crippen molar-refractivity contribution in [3.8, 4) is 0 Å². The molecule has 0 aromatic carbocycles. The smallest absolute Gasteiger partial charge is 0.368 e. The van der Waals surface area contributed by atoms with Gasteiger partial charge < -0.3 is 10.5 Å². The number of nitrogen functional groups attached to an aromatic ring is 1. The highest BCUT2D eigenvalue weighted by Crippen LogP contribution is 2.52. The van der Waals surface area contributed by atoms with Crippen molar-refractivity contribution in [2.75, 3.05) is 31.0 Å². The normalized spacial score (nSPS) is 27.3. The number of phosphoric ester groups is 1. The molecule has 2 aliphatic rings. The molecule has 2 aromatic rings. The molecular weight excluding hydrogens is 457 g/mol. The monoisotopic (exact) mass is 479 g/mol. The van der Waals surface area contributed by atoms with Gasteiger partial charge in [0.1, 0.15) is 16.8 Å². The number of aromatic nitrogens is 4. The van der Waals surface area contributed by atoms with Gasteiger partial charge in [-0.25, -0.2) is 14.5 Å². The molecule has 0 amide bonds. The minimum absolute atomic E-state index is 0.109. The molecule has 2 saturated heterocycles. The van der Waals surface area contributed by atoms with Crippen LogP contribution in [0.2, 0.25) is 0 Å². The van der Waals surface area contributed by atoms with E-state index in [1.54, 1.807) is 32.5 Å². The van der Waals surface area contributed by atoms with E-state index in [4.69, 9.17) is 24.0 Å². The van der Waals surface area contributed by atoms with E-state index in [0.717, 1.165) is 30.8 Å². The molecule has 0 spiro atoms. The highest BCUT2D eigenvalue weighted by atomic mass is 33.1. The molecule has 4 heterocycles. The van der Waals surface area contributed by atoms with E-state index in [1.807, 2.05) is 0 Å². The van der Waals surface area contributed by atoms with Gasteiger partial charge in [0.2, 0.25) is 5.95 Å². The number of hydrogen-bond donors (Lipinski definition) is 2. The summed E-state index contributed by atoms with van der Waals surface area (Å²) in [5.41, 5.74) is 6.86. The molecule has 29 heavy (non-hydrogen) atoms. The third-order valence-corrected chi connectivity index (χ3v) is 8.86. The number of imidazole rings is 1. The Bertz CT molecular complexity index is 912. The molecule has 160 valence electrons. The number of hydrogen-bond acceptors (Lipinski definition) is 12. The van der Waals surface area contributed by atoms with E-state index in [9.17, 15) is 4.57 Å². The summed E-state index contributed by atoms with van der Waals surface area (Å²) in [6.45, 7) is 0.109. The number of anilines is 1. The number of nitrogens with two attached hydrogens (primary N) is 1. The topological polar surface area (TPSA) is 124 Å².